The van der Waals surface area contributed by atoms with Gasteiger partial charge in [-0.1, -0.05) is 12.2 Å². The van der Waals surface area contributed by atoms with Gasteiger partial charge in [-0.25, -0.2) is 19.2 Å². The standard InChI is InChI=1S/C14H19N3.C8H7FO2/c1-5-7-13(16-12(4)6-2)17-14-10-11(3)8-9-15-14;1-5-4-6(8(10)11)2-3-7(5)9/h5-10H,1-4H3,(H,15,16,17);2-4H,1H3,(H,10,11)/b7-5+,12-6-;. The second-order valence-electron chi connectivity index (χ2n) is 6.05. The third-order valence-corrected chi connectivity index (χ3v) is 3.62. The molecule has 0 bridgehead atoms. The molecule has 0 unspecified atom stereocenters. The first-order valence-electron chi connectivity index (χ1n) is 8.80. The molecule has 2 aromatic rings. The Morgan fingerprint density at radius 2 is 1.93 bits per heavy atom. The zero-order valence-electron chi connectivity index (χ0n) is 16.8. The molecule has 5 nitrogen and oxygen atoms in total. The maximum absolute atomic E-state index is 12.6. The fourth-order valence-corrected chi connectivity index (χ4v) is 2.02. The van der Waals surface area contributed by atoms with Crippen LogP contribution in [-0.4, -0.2) is 21.9 Å². The van der Waals surface area contributed by atoms with Crippen LogP contribution in [0.25, 0.3) is 0 Å². The molecule has 0 atom stereocenters. The van der Waals surface area contributed by atoms with Crippen LogP contribution in [0, 0.1) is 19.7 Å². The first-order chi connectivity index (χ1) is 13.3. The predicted molar refractivity (Wildman–Crippen MR) is 112 cm³/mol. The third-order valence-electron chi connectivity index (χ3n) is 3.62. The van der Waals surface area contributed by atoms with Gasteiger partial charge in [0.05, 0.1) is 5.56 Å². The van der Waals surface area contributed by atoms with Gasteiger partial charge in [-0.2, -0.15) is 0 Å². The summed E-state index contributed by atoms with van der Waals surface area (Å²) in [5, 5.41) is 11.7. The SMILES string of the molecule is C/C=C(/C)NC(/C=C/C)=Nc1cc(C)ccn1.Cc1cc(C(=O)O)ccc1F. The highest BCUT2D eigenvalue weighted by atomic mass is 19.1. The number of benzene rings is 1. The minimum Gasteiger partial charge on any atom is -0.478 e. The summed E-state index contributed by atoms with van der Waals surface area (Å²) in [6.07, 6.45) is 7.65. The highest BCUT2D eigenvalue weighted by Gasteiger charge is 2.04. The summed E-state index contributed by atoms with van der Waals surface area (Å²) in [6, 6.07) is 7.61. The summed E-state index contributed by atoms with van der Waals surface area (Å²) >= 11 is 0. The number of carbonyl (C=O) groups is 1. The van der Waals surface area contributed by atoms with Gasteiger partial charge in [0.2, 0.25) is 0 Å². The Morgan fingerprint density at radius 1 is 1.21 bits per heavy atom. The number of hydrogen-bond donors (Lipinski definition) is 2. The molecular weight excluding hydrogens is 357 g/mol. The molecule has 0 aliphatic rings. The van der Waals surface area contributed by atoms with Crippen LogP contribution in [0.3, 0.4) is 0 Å². The Kier molecular flexibility index (Phi) is 9.30. The zero-order chi connectivity index (χ0) is 21.1. The van der Waals surface area contributed by atoms with Gasteiger partial charge in [0, 0.05) is 11.9 Å². The Balaban J connectivity index is 0.000000307. The molecule has 6 heteroatoms. The van der Waals surface area contributed by atoms with Crippen LogP contribution in [0.2, 0.25) is 0 Å². The third kappa shape index (κ3) is 7.95. The summed E-state index contributed by atoms with van der Waals surface area (Å²) < 4.78 is 12.6. The van der Waals surface area contributed by atoms with E-state index in [0.717, 1.165) is 29.0 Å². The quantitative estimate of drug-likeness (QED) is 0.552. The number of rotatable bonds is 4. The molecule has 0 aliphatic carbocycles. The predicted octanol–water partition coefficient (Wildman–Crippen LogP) is 5.34. The summed E-state index contributed by atoms with van der Waals surface area (Å²) in [5.41, 5.74) is 2.68. The molecule has 0 saturated carbocycles. The first kappa shape index (κ1) is 22.8. The molecule has 1 heterocycles. The number of aromatic carboxylic acids is 1. The van der Waals surface area contributed by atoms with E-state index in [0.29, 0.717) is 5.56 Å². The number of nitrogens with zero attached hydrogens (tertiary/aromatic N) is 2. The van der Waals surface area contributed by atoms with E-state index in [1.807, 2.05) is 58.1 Å². The van der Waals surface area contributed by atoms with E-state index in [4.69, 9.17) is 5.11 Å². The average Bonchev–Trinajstić information content (AvgIpc) is 2.64. The van der Waals surface area contributed by atoms with E-state index >= 15 is 0 Å². The van der Waals surface area contributed by atoms with Gasteiger partial charge >= 0.3 is 5.97 Å². The van der Waals surface area contributed by atoms with E-state index in [9.17, 15) is 9.18 Å². The Hall–Kier alpha value is -3.28. The molecule has 1 aromatic carbocycles. The minimum absolute atomic E-state index is 0.115. The molecule has 2 rings (SSSR count). The topological polar surface area (TPSA) is 74.6 Å². The molecule has 1 aromatic heterocycles. The number of carboxylic acids is 1. The van der Waals surface area contributed by atoms with Crippen molar-refractivity contribution in [2.45, 2.75) is 34.6 Å². The average molecular weight is 383 g/mol. The molecular formula is C22H26FN3O2. The fourth-order valence-electron chi connectivity index (χ4n) is 2.02. The lowest BCUT2D eigenvalue weighted by atomic mass is 10.1. The van der Waals surface area contributed by atoms with E-state index in [1.54, 1.807) is 6.20 Å². The number of pyridine rings is 1. The van der Waals surface area contributed by atoms with Crippen LogP contribution >= 0.6 is 0 Å². The van der Waals surface area contributed by atoms with E-state index in [2.05, 4.69) is 15.3 Å². The lowest BCUT2D eigenvalue weighted by Crippen LogP contribution is -2.18. The van der Waals surface area contributed by atoms with E-state index < -0.39 is 5.97 Å². The molecule has 0 saturated heterocycles. The lowest BCUT2D eigenvalue weighted by molar-refractivity contribution is 0.0696. The Morgan fingerprint density at radius 3 is 2.46 bits per heavy atom. The Labute approximate surface area is 165 Å². The highest BCUT2D eigenvalue weighted by Crippen LogP contribution is 2.10. The second kappa shape index (κ2) is 11.4. The van der Waals surface area contributed by atoms with Crippen molar-refractivity contribution in [3.8, 4) is 0 Å². The van der Waals surface area contributed by atoms with Crippen molar-refractivity contribution >= 4 is 17.6 Å². The van der Waals surface area contributed by atoms with Gasteiger partial charge in [-0.15, -0.1) is 0 Å². The number of aryl methyl sites for hydroxylation is 2. The van der Waals surface area contributed by atoms with Crippen molar-refractivity contribution < 1.29 is 14.3 Å². The second-order valence-corrected chi connectivity index (χ2v) is 6.05. The number of hydrogen-bond acceptors (Lipinski definition) is 3. The van der Waals surface area contributed by atoms with Crippen LogP contribution < -0.4 is 5.32 Å². The van der Waals surface area contributed by atoms with Crippen LogP contribution in [-0.2, 0) is 0 Å². The van der Waals surface area contributed by atoms with Gasteiger partial charge in [0.1, 0.15) is 11.7 Å². The van der Waals surface area contributed by atoms with Crippen molar-refractivity contribution in [3.05, 3.63) is 83.0 Å². The maximum atomic E-state index is 12.6. The molecule has 0 amide bonds. The van der Waals surface area contributed by atoms with Gasteiger partial charge < -0.3 is 10.4 Å². The fraction of sp³-hybridized carbons (Fsp3) is 0.227. The number of allylic oxidation sites excluding steroid dienone is 3. The van der Waals surface area contributed by atoms with Crippen molar-refractivity contribution in [2.75, 3.05) is 0 Å². The van der Waals surface area contributed by atoms with Crippen molar-refractivity contribution in [1.82, 2.24) is 10.3 Å². The Bertz CT molecular complexity index is 902. The lowest BCUT2D eigenvalue weighted by Gasteiger charge is -2.06. The van der Waals surface area contributed by atoms with Crippen molar-refractivity contribution in [3.63, 3.8) is 0 Å². The number of aromatic nitrogens is 1. The number of aliphatic imine (C=N–C) groups is 1. The normalized spacial score (nSPS) is 11.8. The maximum Gasteiger partial charge on any atom is 0.335 e. The number of halogens is 1. The summed E-state index contributed by atoms with van der Waals surface area (Å²) in [6.45, 7) is 9.51. The molecule has 148 valence electrons. The van der Waals surface area contributed by atoms with Crippen molar-refractivity contribution in [1.29, 1.82) is 0 Å². The number of carboxylic acid groups (broad SMARTS) is 1. The van der Waals surface area contributed by atoms with Crippen LogP contribution in [0.4, 0.5) is 10.2 Å². The molecule has 28 heavy (non-hydrogen) atoms. The molecule has 0 spiro atoms. The summed E-state index contributed by atoms with van der Waals surface area (Å²) in [5.74, 6) is 0.0961. The number of nitrogens with one attached hydrogen (secondary N) is 1. The van der Waals surface area contributed by atoms with E-state index in [-0.39, 0.29) is 11.4 Å². The monoisotopic (exact) mass is 383 g/mol. The molecule has 0 fully saturated rings. The molecule has 2 N–H and O–H groups in total. The van der Waals surface area contributed by atoms with Crippen LogP contribution in [0.1, 0.15) is 42.3 Å². The number of amidine groups is 1. The smallest absolute Gasteiger partial charge is 0.335 e. The molecule has 0 radical (unpaired) electrons. The first-order valence-corrected chi connectivity index (χ1v) is 8.80. The van der Waals surface area contributed by atoms with E-state index in [1.165, 1.54) is 19.1 Å². The largest absolute Gasteiger partial charge is 0.478 e. The van der Waals surface area contributed by atoms with Gasteiger partial charge in [0.25, 0.3) is 0 Å². The summed E-state index contributed by atoms with van der Waals surface area (Å²) in [7, 11) is 0. The zero-order valence-corrected chi connectivity index (χ0v) is 16.8. The minimum atomic E-state index is -1.03. The van der Waals surface area contributed by atoms with Gasteiger partial charge in [-0.05, 0) is 82.2 Å². The van der Waals surface area contributed by atoms with Crippen molar-refractivity contribution in [2.24, 2.45) is 4.99 Å². The van der Waals surface area contributed by atoms with Gasteiger partial charge in [0.15, 0.2) is 5.82 Å². The van der Waals surface area contributed by atoms with Gasteiger partial charge in [-0.3, -0.25) is 0 Å². The van der Waals surface area contributed by atoms with Crippen LogP contribution in [0.5, 0.6) is 0 Å². The highest BCUT2D eigenvalue weighted by molar-refractivity contribution is 5.95. The molecule has 0 aliphatic heterocycles. The summed E-state index contributed by atoms with van der Waals surface area (Å²) in [4.78, 5) is 19.0. The van der Waals surface area contributed by atoms with Crippen LogP contribution in [0.15, 0.2) is 65.4 Å².